The molecule has 0 atom stereocenters. The molecule has 1 aromatic carbocycles. The third-order valence-electron chi connectivity index (χ3n) is 1.69. The number of hydrogen-bond donors (Lipinski definition) is 0. The van der Waals surface area contributed by atoms with Crippen LogP contribution in [0.3, 0.4) is 0 Å². The maximum Gasteiger partial charge on any atom is 0.573 e. The van der Waals surface area contributed by atoms with Crippen LogP contribution in [-0.2, 0) is 5.33 Å². The fraction of sp³-hybridized carbons (Fsp3) is 0.400. The zero-order chi connectivity index (χ0) is 12.2. The summed E-state index contributed by atoms with van der Waals surface area (Å²) in [7, 11) is 0. The van der Waals surface area contributed by atoms with Crippen molar-refractivity contribution in [2.45, 2.75) is 18.6 Å². The van der Waals surface area contributed by atoms with Crippen molar-refractivity contribution in [3.8, 4) is 11.5 Å². The highest BCUT2D eigenvalue weighted by Gasteiger charge is 2.32. The van der Waals surface area contributed by atoms with Gasteiger partial charge < -0.3 is 9.47 Å². The third-order valence-corrected chi connectivity index (χ3v) is 2.34. The Hall–Kier alpha value is -0.910. The smallest absolute Gasteiger partial charge is 0.490 e. The van der Waals surface area contributed by atoms with Crippen molar-refractivity contribution in [3.63, 3.8) is 0 Å². The molecular formula is C10H10BrF3O2. The SMILES string of the molecule is CCOc1ccc(CBr)cc1OC(F)(F)F. The van der Waals surface area contributed by atoms with Crippen LogP contribution in [0.25, 0.3) is 0 Å². The van der Waals surface area contributed by atoms with E-state index in [0.29, 0.717) is 10.9 Å². The fourth-order valence-electron chi connectivity index (χ4n) is 1.11. The quantitative estimate of drug-likeness (QED) is 0.786. The molecule has 0 bridgehead atoms. The molecule has 1 rings (SSSR count). The second-order valence-corrected chi connectivity index (χ2v) is 3.46. The van der Waals surface area contributed by atoms with Crippen molar-refractivity contribution in [2.75, 3.05) is 6.61 Å². The van der Waals surface area contributed by atoms with Crippen LogP contribution in [0.1, 0.15) is 12.5 Å². The van der Waals surface area contributed by atoms with Crippen molar-refractivity contribution in [1.29, 1.82) is 0 Å². The molecular weight excluding hydrogens is 289 g/mol. The molecule has 0 N–H and O–H groups in total. The molecule has 0 saturated heterocycles. The minimum absolute atomic E-state index is 0.0875. The van der Waals surface area contributed by atoms with Crippen molar-refractivity contribution in [3.05, 3.63) is 23.8 Å². The van der Waals surface area contributed by atoms with Gasteiger partial charge in [0.05, 0.1) is 6.61 Å². The average molecular weight is 299 g/mol. The first kappa shape index (κ1) is 13.2. The Balaban J connectivity index is 3.00. The molecule has 0 aromatic heterocycles. The minimum atomic E-state index is -4.71. The Kier molecular flexibility index (Phi) is 4.46. The van der Waals surface area contributed by atoms with Gasteiger partial charge in [0.15, 0.2) is 11.5 Å². The predicted octanol–water partition coefficient (Wildman–Crippen LogP) is 3.88. The van der Waals surface area contributed by atoms with Crippen molar-refractivity contribution < 1.29 is 22.6 Å². The number of hydrogen-bond acceptors (Lipinski definition) is 2. The van der Waals surface area contributed by atoms with Gasteiger partial charge in [-0.25, -0.2) is 0 Å². The van der Waals surface area contributed by atoms with E-state index >= 15 is 0 Å². The van der Waals surface area contributed by atoms with E-state index in [2.05, 4.69) is 20.7 Å². The zero-order valence-electron chi connectivity index (χ0n) is 8.47. The van der Waals surface area contributed by atoms with Crippen LogP contribution in [-0.4, -0.2) is 13.0 Å². The summed E-state index contributed by atoms with van der Waals surface area (Å²) in [6.45, 7) is 1.97. The molecule has 0 unspecified atom stereocenters. The summed E-state index contributed by atoms with van der Waals surface area (Å²) in [4.78, 5) is 0. The lowest BCUT2D eigenvalue weighted by Gasteiger charge is -2.14. The average Bonchev–Trinajstić information content (AvgIpc) is 2.18. The molecule has 0 saturated carbocycles. The summed E-state index contributed by atoms with van der Waals surface area (Å²) < 4.78 is 45.2. The Labute approximate surface area is 99.5 Å². The lowest BCUT2D eigenvalue weighted by atomic mass is 10.2. The molecule has 0 radical (unpaired) electrons. The zero-order valence-corrected chi connectivity index (χ0v) is 10.1. The minimum Gasteiger partial charge on any atom is -0.490 e. The number of alkyl halides is 4. The Morgan fingerprint density at radius 2 is 1.94 bits per heavy atom. The van der Waals surface area contributed by atoms with Gasteiger partial charge in [0.25, 0.3) is 0 Å². The van der Waals surface area contributed by atoms with Gasteiger partial charge >= 0.3 is 6.36 Å². The largest absolute Gasteiger partial charge is 0.573 e. The molecule has 0 fully saturated rings. The lowest BCUT2D eigenvalue weighted by molar-refractivity contribution is -0.275. The fourth-order valence-corrected chi connectivity index (χ4v) is 1.46. The van der Waals surface area contributed by atoms with E-state index in [1.807, 2.05) is 0 Å². The van der Waals surface area contributed by atoms with Gasteiger partial charge in [-0.1, -0.05) is 22.0 Å². The highest BCUT2D eigenvalue weighted by Crippen LogP contribution is 2.33. The van der Waals surface area contributed by atoms with Gasteiger partial charge in [0, 0.05) is 5.33 Å². The summed E-state index contributed by atoms with van der Waals surface area (Å²) in [5, 5.41) is 0.452. The first-order valence-corrected chi connectivity index (χ1v) is 5.66. The van der Waals surface area contributed by atoms with Gasteiger partial charge in [-0.2, -0.15) is 0 Å². The summed E-state index contributed by atoms with van der Waals surface area (Å²) in [5.74, 6) is -0.226. The van der Waals surface area contributed by atoms with E-state index in [-0.39, 0.29) is 18.1 Å². The molecule has 0 aliphatic rings. The third kappa shape index (κ3) is 3.92. The lowest BCUT2D eigenvalue weighted by Crippen LogP contribution is -2.18. The second-order valence-electron chi connectivity index (χ2n) is 2.90. The van der Waals surface area contributed by atoms with E-state index < -0.39 is 6.36 Å². The van der Waals surface area contributed by atoms with Gasteiger partial charge in [-0.15, -0.1) is 13.2 Å². The normalized spacial score (nSPS) is 11.3. The number of ether oxygens (including phenoxy) is 2. The molecule has 0 aliphatic heterocycles. The topological polar surface area (TPSA) is 18.5 Å². The molecule has 2 nitrogen and oxygen atoms in total. The number of rotatable bonds is 4. The number of halogens is 4. The van der Waals surface area contributed by atoms with Gasteiger partial charge in [0.2, 0.25) is 0 Å². The Morgan fingerprint density at radius 1 is 1.25 bits per heavy atom. The van der Waals surface area contributed by atoms with Crippen molar-refractivity contribution in [1.82, 2.24) is 0 Å². The maximum atomic E-state index is 12.1. The molecule has 6 heteroatoms. The molecule has 16 heavy (non-hydrogen) atoms. The Morgan fingerprint density at radius 3 is 2.44 bits per heavy atom. The molecule has 0 spiro atoms. The van der Waals surface area contributed by atoms with E-state index in [4.69, 9.17) is 4.74 Å². The summed E-state index contributed by atoms with van der Waals surface area (Å²) >= 11 is 3.16. The van der Waals surface area contributed by atoms with E-state index in [0.717, 1.165) is 0 Å². The Bertz CT molecular complexity index is 352. The van der Waals surface area contributed by atoms with Crippen LogP contribution in [0.4, 0.5) is 13.2 Å². The molecule has 90 valence electrons. The van der Waals surface area contributed by atoms with Crippen LogP contribution < -0.4 is 9.47 Å². The van der Waals surface area contributed by atoms with Crippen LogP contribution >= 0.6 is 15.9 Å². The second kappa shape index (κ2) is 5.43. The van der Waals surface area contributed by atoms with Crippen LogP contribution in [0, 0.1) is 0 Å². The molecule has 0 heterocycles. The highest BCUT2D eigenvalue weighted by molar-refractivity contribution is 9.08. The molecule has 0 amide bonds. The van der Waals surface area contributed by atoms with Crippen molar-refractivity contribution >= 4 is 15.9 Å². The summed E-state index contributed by atoms with van der Waals surface area (Å²) in [5.41, 5.74) is 0.683. The van der Waals surface area contributed by atoms with Crippen molar-refractivity contribution in [2.24, 2.45) is 0 Å². The van der Waals surface area contributed by atoms with E-state index in [1.54, 1.807) is 13.0 Å². The van der Waals surface area contributed by atoms with Crippen LogP contribution in [0.2, 0.25) is 0 Å². The van der Waals surface area contributed by atoms with Gasteiger partial charge in [-0.3, -0.25) is 0 Å². The van der Waals surface area contributed by atoms with E-state index in [9.17, 15) is 13.2 Å². The van der Waals surface area contributed by atoms with Crippen LogP contribution in [0.5, 0.6) is 11.5 Å². The van der Waals surface area contributed by atoms with Gasteiger partial charge in [0.1, 0.15) is 0 Å². The van der Waals surface area contributed by atoms with Crippen LogP contribution in [0.15, 0.2) is 18.2 Å². The first-order chi connectivity index (χ1) is 7.46. The van der Waals surface area contributed by atoms with Gasteiger partial charge in [-0.05, 0) is 24.6 Å². The maximum absolute atomic E-state index is 12.1. The standard InChI is InChI=1S/C10H10BrF3O2/c1-2-15-8-4-3-7(6-11)5-9(8)16-10(12,13)14/h3-5H,2,6H2,1H3. The highest BCUT2D eigenvalue weighted by atomic mass is 79.9. The predicted molar refractivity (Wildman–Crippen MR) is 56.9 cm³/mol. The molecule has 0 aliphatic carbocycles. The number of benzene rings is 1. The first-order valence-electron chi connectivity index (χ1n) is 4.53. The molecule has 1 aromatic rings. The van der Waals surface area contributed by atoms with E-state index in [1.165, 1.54) is 12.1 Å². The summed E-state index contributed by atoms with van der Waals surface area (Å²) in [6, 6.07) is 4.43. The monoisotopic (exact) mass is 298 g/mol. The summed E-state index contributed by atoms with van der Waals surface area (Å²) in [6.07, 6.45) is -4.71.